The van der Waals surface area contributed by atoms with Gasteiger partial charge in [0.25, 0.3) is 0 Å². The molecule has 7 nitrogen and oxygen atoms in total. The van der Waals surface area contributed by atoms with E-state index < -0.39 is 0 Å². The summed E-state index contributed by atoms with van der Waals surface area (Å²) in [6.07, 6.45) is 5.77. The molecule has 1 fully saturated rings. The van der Waals surface area contributed by atoms with E-state index in [2.05, 4.69) is 10.6 Å². The highest BCUT2D eigenvalue weighted by Crippen LogP contribution is 2.38. The third-order valence-electron chi connectivity index (χ3n) is 5.99. The van der Waals surface area contributed by atoms with E-state index in [0.29, 0.717) is 31.1 Å². The number of methoxy groups -OCH3 is 2. The first kappa shape index (κ1) is 21.3. The van der Waals surface area contributed by atoms with Crippen molar-refractivity contribution in [3.8, 4) is 11.5 Å². The van der Waals surface area contributed by atoms with E-state index in [-0.39, 0.29) is 23.9 Å². The Morgan fingerprint density at radius 3 is 2.45 bits per heavy atom. The van der Waals surface area contributed by atoms with E-state index in [1.54, 1.807) is 14.2 Å². The van der Waals surface area contributed by atoms with Crippen LogP contribution >= 0.6 is 0 Å². The molecule has 0 radical (unpaired) electrons. The van der Waals surface area contributed by atoms with Gasteiger partial charge in [0, 0.05) is 25.6 Å². The fraction of sp³-hybridized carbons (Fsp3) is 0.636. The highest BCUT2D eigenvalue weighted by Gasteiger charge is 2.33. The van der Waals surface area contributed by atoms with Crippen LogP contribution in [0.3, 0.4) is 0 Å². The minimum absolute atomic E-state index is 0.0904. The molecule has 2 N–H and O–H groups in total. The summed E-state index contributed by atoms with van der Waals surface area (Å²) in [4.78, 5) is 27.2. The van der Waals surface area contributed by atoms with Crippen LogP contribution in [0.4, 0.5) is 4.79 Å². The molecule has 29 heavy (non-hydrogen) atoms. The second kappa shape index (κ2) is 9.85. The molecule has 0 bridgehead atoms. The van der Waals surface area contributed by atoms with Gasteiger partial charge >= 0.3 is 6.03 Å². The second-order valence-electron chi connectivity index (χ2n) is 7.82. The molecule has 160 valence electrons. The summed E-state index contributed by atoms with van der Waals surface area (Å²) in [5.74, 6) is 1.52. The highest BCUT2D eigenvalue weighted by molar-refractivity contribution is 5.79. The molecule has 1 heterocycles. The fourth-order valence-electron chi connectivity index (χ4n) is 4.35. The van der Waals surface area contributed by atoms with E-state index in [1.807, 2.05) is 24.0 Å². The van der Waals surface area contributed by atoms with Crippen LogP contribution in [0, 0.1) is 5.92 Å². The number of urea groups is 1. The topological polar surface area (TPSA) is 79.9 Å². The van der Waals surface area contributed by atoms with Gasteiger partial charge in [0.05, 0.1) is 20.3 Å². The molecule has 0 spiro atoms. The summed E-state index contributed by atoms with van der Waals surface area (Å²) in [5.41, 5.74) is 2.13. The Morgan fingerprint density at radius 2 is 1.79 bits per heavy atom. The summed E-state index contributed by atoms with van der Waals surface area (Å²) in [5, 5.41) is 6.08. The SMILES string of the molecule is CCCNC(=O)N1CCc2cc(OC)c(OC)cc2C1CNC(=O)C1CCCC1. The predicted molar refractivity (Wildman–Crippen MR) is 111 cm³/mol. The summed E-state index contributed by atoms with van der Waals surface area (Å²) >= 11 is 0. The predicted octanol–water partition coefficient (Wildman–Crippen LogP) is 3.03. The van der Waals surface area contributed by atoms with Gasteiger partial charge in [-0.3, -0.25) is 4.79 Å². The maximum Gasteiger partial charge on any atom is 0.317 e. The molecular weight excluding hydrogens is 370 g/mol. The normalized spacial score (nSPS) is 18.9. The number of fused-ring (bicyclic) bond motifs is 1. The lowest BCUT2D eigenvalue weighted by atomic mass is 9.91. The molecule has 0 aromatic heterocycles. The number of carbonyl (C=O) groups excluding carboxylic acids is 2. The maximum atomic E-state index is 12.8. The minimum atomic E-state index is -0.235. The van der Waals surface area contributed by atoms with Gasteiger partial charge in [0.15, 0.2) is 11.5 Å². The molecule has 1 aliphatic heterocycles. The van der Waals surface area contributed by atoms with Gasteiger partial charge in [-0.2, -0.15) is 0 Å². The largest absolute Gasteiger partial charge is 0.493 e. The van der Waals surface area contributed by atoms with Crippen LogP contribution in [0.1, 0.15) is 56.2 Å². The van der Waals surface area contributed by atoms with Crippen molar-refractivity contribution >= 4 is 11.9 Å². The third kappa shape index (κ3) is 4.77. The van der Waals surface area contributed by atoms with Crippen LogP contribution in [0.2, 0.25) is 0 Å². The van der Waals surface area contributed by atoms with Crippen molar-refractivity contribution in [3.05, 3.63) is 23.3 Å². The van der Waals surface area contributed by atoms with Crippen molar-refractivity contribution in [2.45, 2.75) is 51.5 Å². The lowest BCUT2D eigenvalue weighted by Crippen LogP contribution is -2.49. The fourth-order valence-corrected chi connectivity index (χ4v) is 4.35. The summed E-state index contributed by atoms with van der Waals surface area (Å²) in [6, 6.07) is 3.61. The van der Waals surface area contributed by atoms with Crippen molar-refractivity contribution in [3.63, 3.8) is 0 Å². The molecule has 1 atom stereocenters. The van der Waals surface area contributed by atoms with Gasteiger partial charge in [-0.25, -0.2) is 4.79 Å². The van der Waals surface area contributed by atoms with Gasteiger partial charge in [-0.15, -0.1) is 0 Å². The van der Waals surface area contributed by atoms with Crippen molar-refractivity contribution in [2.75, 3.05) is 33.9 Å². The smallest absolute Gasteiger partial charge is 0.317 e. The third-order valence-corrected chi connectivity index (χ3v) is 5.99. The van der Waals surface area contributed by atoms with Gasteiger partial charge in [-0.1, -0.05) is 19.8 Å². The molecule has 3 amide bonds. The van der Waals surface area contributed by atoms with E-state index in [9.17, 15) is 9.59 Å². The molecule has 1 aromatic carbocycles. The number of amides is 3. The Morgan fingerprint density at radius 1 is 1.10 bits per heavy atom. The van der Waals surface area contributed by atoms with Crippen molar-refractivity contribution < 1.29 is 19.1 Å². The van der Waals surface area contributed by atoms with Gasteiger partial charge in [-0.05, 0) is 48.9 Å². The maximum absolute atomic E-state index is 12.8. The molecule has 7 heteroatoms. The van der Waals surface area contributed by atoms with Crippen LogP contribution in [0.15, 0.2) is 12.1 Å². The number of carbonyl (C=O) groups is 2. The molecule has 3 rings (SSSR count). The molecule has 1 unspecified atom stereocenters. The Labute approximate surface area is 173 Å². The Hall–Kier alpha value is -2.44. The first-order valence-electron chi connectivity index (χ1n) is 10.7. The van der Waals surface area contributed by atoms with Crippen LogP contribution in [-0.2, 0) is 11.2 Å². The van der Waals surface area contributed by atoms with E-state index >= 15 is 0 Å². The zero-order valence-corrected chi connectivity index (χ0v) is 17.8. The van der Waals surface area contributed by atoms with Crippen molar-refractivity contribution in [1.29, 1.82) is 0 Å². The van der Waals surface area contributed by atoms with Gasteiger partial charge < -0.3 is 25.0 Å². The van der Waals surface area contributed by atoms with Crippen LogP contribution < -0.4 is 20.1 Å². The number of nitrogens with zero attached hydrogens (tertiary/aromatic N) is 1. The average molecular weight is 404 g/mol. The number of benzene rings is 1. The van der Waals surface area contributed by atoms with Crippen LogP contribution in [0.25, 0.3) is 0 Å². The second-order valence-corrected chi connectivity index (χ2v) is 7.82. The standard InChI is InChI=1S/C22H33N3O4/c1-4-10-23-22(27)25-11-9-16-12-19(28-2)20(29-3)13-17(16)18(25)14-24-21(26)15-7-5-6-8-15/h12-13,15,18H,4-11,14H2,1-3H3,(H,23,27)(H,24,26). The van der Waals surface area contributed by atoms with Crippen molar-refractivity contribution in [1.82, 2.24) is 15.5 Å². The van der Waals surface area contributed by atoms with E-state index in [4.69, 9.17) is 9.47 Å². The number of hydrogen-bond donors (Lipinski definition) is 2. The number of nitrogens with one attached hydrogen (secondary N) is 2. The lowest BCUT2D eigenvalue weighted by Gasteiger charge is -2.38. The number of ether oxygens (including phenoxy) is 2. The zero-order valence-electron chi connectivity index (χ0n) is 17.8. The summed E-state index contributed by atoms with van der Waals surface area (Å²) in [6.45, 7) is 3.66. The van der Waals surface area contributed by atoms with E-state index in [1.165, 1.54) is 0 Å². The molecule has 2 aliphatic rings. The summed E-state index contributed by atoms with van der Waals surface area (Å²) < 4.78 is 10.9. The van der Waals surface area contributed by atoms with E-state index in [0.717, 1.165) is 49.7 Å². The zero-order chi connectivity index (χ0) is 20.8. The molecule has 0 saturated heterocycles. The van der Waals surface area contributed by atoms with Gasteiger partial charge in [0.1, 0.15) is 0 Å². The Balaban J connectivity index is 1.85. The first-order chi connectivity index (χ1) is 14.1. The molecule has 1 saturated carbocycles. The monoisotopic (exact) mass is 403 g/mol. The average Bonchev–Trinajstić information content (AvgIpc) is 3.29. The first-order valence-corrected chi connectivity index (χ1v) is 10.7. The Bertz CT molecular complexity index is 731. The summed E-state index contributed by atoms with van der Waals surface area (Å²) in [7, 11) is 3.23. The lowest BCUT2D eigenvalue weighted by molar-refractivity contribution is -0.125. The Kier molecular flexibility index (Phi) is 7.23. The van der Waals surface area contributed by atoms with Crippen LogP contribution in [0.5, 0.6) is 11.5 Å². The van der Waals surface area contributed by atoms with Gasteiger partial charge in [0.2, 0.25) is 5.91 Å². The number of hydrogen-bond acceptors (Lipinski definition) is 4. The highest BCUT2D eigenvalue weighted by atomic mass is 16.5. The quantitative estimate of drug-likeness (QED) is 0.733. The molecule has 1 aromatic rings. The minimum Gasteiger partial charge on any atom is -0.493 e. The van der Waals surface area contributed by atoms with Crippen LogP contribution in [-0.4, -0.2) is 50.7 Å². The number of rotatable bonds is 7. The van der Waals surface area contributed by atoms with Crippen molar-refractivity contribution in [2.24, 2.45) is 5.92 Å². The molecule has 1 aliphatic carbocycles. The molecular formula is C22H33N3O4.